The predicted octanol–water partition coefficient (Wildman–Crippen LogP) is 2.03. The second kappa shape index (κ2) is 2.74. The lowest BCUT2D eigenvalue weighted by Gasteiger charge is -2.14. The van der Waals surface area contributed by atoms with Crippen molar-refractivity contribution in [2.24, 2.45) is 0 Å². The van der Waals surface area contributed by atoms with E-state index in [2.05, 4.69) is 12.1 Å². The van der Waals surface area contributed by atoms with Crippen LogP contribution in [0.25, 0.3) is 0 Å². The van der Waals surface area contributed by atoms with Gasteiger partial charge >= 0.3 is 0 Å². The summed E-state index contributed by atoms with van der Waals surface area (Å²) >= 11 is 0. The van der Waals surface area contributed by atoms with Crippen LogP contribution in [0.1, 0.15) is 35.8 Å². The molecule has 0 unspecified atom stereocenters. The first-order chi connectivity index (χ1) is 6.81. The minimum absolute atomic E-state index is 0.142. The molecule has 1 aromatic rings. The van der Waals surface area contributed by atoms with Crippen LogP contribution in [0.15, 0.2) is 18.2 Å². The number of hydrogen-bond donors (Lipinski definition) is 1. The molecule has 1 aromatic carbocycles. The molecule has 14 heavy (non-hydrogen) atoms. The maximum Gasteiger partial charge on any atom is 0.119 e. The Morgan fingerprint density at radius 3 is 2.64 bits per heavy atom. The van der Waals surface area contributed by atoms with Crippen LogP contribution in [-0.2, 0) is 0 Å². The predicted molar refractivity (Wildman–Crippen MR) is 53.7 cm³/mol. The molecule has 0 aromatic heterocycles. The Hall–Kier alpha value is -1.02. The highest BCUT2D eigenvalue weighted by molar-refractivity contribution is 5.47. The van der Waals surface area contributed by atoms with Crippen LogP contribution in [0, 0.1) is 0 Å². The minimum Gasteiger partial charge on any atom is -0.497 e. The summed E-state index contributed by atoms with van der Waals surface area (Å²) in [6.07, 6.45) is 2.13. The Balaban J connectivity index is 2.11. The quantitative estimate of drug-likeness (QED) is 0.734. The molecule has 0 spiro atoms. The molecule has 3 rings (SSSR count). The third-order valence-electron chi connectivity index (χ3n) is 3.71. The molecule has 2 bridgehead atoms. The summed E-state index contributed by atoms with van der Waals surface area (Å²) in [5.41, 5.74) is 2.66. The van der Waals surface area contributed by atoms with Gasteiger partial charge in [-0.1, -0.05) is 6.07 Å². The molecule has 1 saturated carbocycles. The van der Waals surface area contributed by atoms with Crippen LogP contribution in [0.3, 0.4) is 0 Å². The molecule has 2 heteroatoms. The van der Waals surface area contributed by atoms with Crippen LogP contribution < -0.4 is 4.74 Å². The van der Waals surface area contributed by atoms with Crippen molar-refractivity contribution in [1.82, 2.24) is 0 Å². The largest absolute Gasteiger partial charge is 0.497 e. The lowest BCUT2D eigenvalue weighted by molar-refractivity contribution is 0.159. The van der Waals surface area contributed by atoms with Crippen LogP contribution in [0.2, 0.25) is 0 Å². The topological polar surface area (TPSA) is 29.5 Å². The number of aliphatic hydroxyl groups is 1. The van der Waals surface area contributed by atoms with Crippen LogP contribution in [-0.4, -0.2) is 18.3 Å². The number of fused-ring (bicyclic) bond motifs is 5. The molecule has 1 N–H and O–H groups in total. The molecule has 0 aliphatic heterocycles. The van der Waals surface area contributed by atoms with Gasteiger partial charge in [-0.05, 0) is 36.1 Å². The summed E-state index contributed by atoms with van der Waals surface area (Å²) in [7, 11) is 1.69. The van der Waals surface area contributed by atoms with Gasteiger partial charge in [0, 0.05) is 11.8 Å². The highest BCUT2D eigenvalue weighted by Gasteiger charge is 2.44. The molecule has 0 saturated heterocycles. The number of rotatable bonds is 1. The van der Waals surface area contributed by atoms with Gasteiger partial charge in [0.2, 0.25) is 0 Å². The van der Waals surface area contributed by atoms with E-state index in [-0.39, 0.29) is 6.10 Å². The van der Waals surface area contributed by atoms with E-state index < -0.39 is 0 Å². The highest BCUT2D eigenvalue weighted by Crippen LogP contribution is 2.53. The lowest BCUT2D eigenvalue weighted by Crippen LogP contribution is -2.08. The maximum absolute atomic E-state index is 9.97. The van der Waals surface area contributed by atoms with Gasteiger partial charge in [-0.15, -0.1) is 0 Å². The molecular weight excluding hydrogens is 176 g/mol. The fourth-order valence-corrected chi connectivity index (χ4v) is 3.00. The molecule has 2 nitrogen and oxygen atoms in total. The standard InChI is InChI=1S/C12H14O2/c1-14-7-2-3-8-9-4-5-10(12(9)13)11(8)6-7/h2-3,6,9-10,12-13H,4-5H2,1H3/t9-,10+,12+/m1/s1. The number of hydrogen-bond acceptors (Lipinski definition) is 2. The maximum atomic E-state index is 9.97. The van der Waals surface area contributed by atoms with Gasteiger partial charge in [-0.3, -0.25) is 0 Å². The van der Waals surface area contributed by atoms with Gasteiger partial charge < -0.3 is 9.84 Å². The second-order valence-electron chi connectivity index (χ2n) is 4.28. The van der Waals surface area contributed by atoms with E-state index in [0.717, 1.165) is 18.6 Å². The van der Waals surface area contributed by atoms with E-state index in [4.69, 9.17) is 4.74 Å². The van der Waals surface area contributed by atoms with Crippen LogP contribution >= 0.6 is 0 Å². The van der Waals surface area contributed by atoms with E-state index in [0.29, 0.717) is 11.8 Å². The summed E-state index contributed by atoms with van der Waals surface area (Å²) in [6.45, 7) is 0. The van der Waals surface area contributed by atoms with E-state index in [1.807, 2.05) is 6.07 Å². The molecule has 0 heterocycles. The van der Waals surface area contributed by atoms with Gasteiger partial charge in [-0.25, -0.2) is 0 Å². The third kappa shape index (κ3) is 0.894. The summed E-state index contributed by atoms with van der Waals surface area (Å²) in [4.78, 5) is 0. The summed E-state index contributed by atoms with van der Waals surface area (Å²) in [6, 6.07) is 6.19. The van der Waals surface area contributed by atoms with Crippen molar-refractivity contribution in [3.63, 3.8) is 0 Å². The van der Waals surface area contributed by atoms with Gasteiger partial charge in [0.15, 0.2) is 0 Å². The zero-order valence-corrected chi connectivity index (χ0v) is 8.23. The normalized spacial score (nSPS) is 33.1. The summed E-state index contributed by atoms with van der Waals surface area (Å²) < 4.78 is 5.20. The molecule has 3 atom stereocenters. The monoisotopic (exact) mass is 190 g/mol. The fourth-order valence-electron chi connectivity index (χ4n) is 3.00. The molecule has 2 aliphatic carbocycles. The van der Waals surface area contributed by atoms with Gasteiger partial charge in [0.1, 0.15) is 5.75 Å². The Morgan fingerprint density at radius 2 is 1.93 bits per heavy atom. The first-order valence-corrected chi connectivity index (χ1v) is 5.17. The smallest absolute Gasteiger partial charge is 0.119 e. The Bertz CT molecular complexity index is 373. The Labute approximate surface area is 83.5 Å². The van der Waals surface area contributed by atoms with E-state index in [9.17, 15) is 5.11 Å². The van der Waals surface area contributed by atoms with Crippen LogP contribution in [0.4, 0.5) is 0 Å². The zero-order valence-electron chi connectivity index (χ0n) is 8.23. The molecule has 74 valence electrons. The third-order valence-corrected chi connectivity index (χ3v) is 3.71. The van der Waals surface area contributed by atoms with E-state index >= 15 is 0 Å². The van der Waals surface area contributed by atoms with E-state index in [1.165, 1.54) is 11.1 Å². The summed E-state index contributed by atoms with van der Waals surface area (Å²) in [5, 5.41) is 9.97. The molecule has 0 radical (unpaired) electrons. The number of methoxy groups -OCH3 is 1. The number of aliphatic hydroxyl groups excluding tert-OH is 1. The minimum atomic E-state index is -0.142. The lowest BCUT2D eigenvalue weighted by atomic mass is 9.92. The molecule has 2 aliphatic rings. The van der Waals surface area contributed by atoms with Crippen molar-refractivity contribution in [1.29, 1.82) is 0 Å². The number of ether oxygens (including phenoxy) is 1. The number of benzene rings is 1. The van der Waals surface area contributed by atoms with Crippen LogP contribution in [0.5, 0.6) is 5.75 Å². The highest BCUT2D eigenvalue weighted by atomic mass is 16.5. The van der Waals surface area contributed by atoms with Crippen molar-refractivity contribution in [2.75, 3.05) is 7.11 Å². The fraction of sp³-hybridized carbons (Fsp3) is 0.500. The van der Waals surface area contributed by atoms with Crippen molar-refractivity contribution in [3.8, 4) is 5.75 Å². The average molecular weight is 190 g/mol. The molecule has 1 fully saturated rings. The zero-order chi connectivity index (χ0) is 9.71. The van der Waals surface area contributed by atoms with Crippen molar-refractivity contribution in [2.45, 2.75) is 30.8 Å². The molecule has 0 amide bonds. The van der Waals surface area contributed by atoms with Gasteiger partial charge in [0.05, 0.1) is 13.2 Å². The Morgan fingerprint density at radius 1 is 1.21 bits per heavy atom. The Kier molecular flexibility index (Phi) is 1.62. The van der Waals surface area contributed by atoms with E-state index in [1.54, 1.807) is 7.11 Å². The molecular formula is C12H14O2. The van der Waals surface area contributed by atoms with Crippen molar-refractivity contribution < 1.29 is 9.84 Å². The van der Waals surface area contributed by atoms with Crippen molar-refractivity contribution in [3.05, 3.63) is 29.3 Å². The average Bonchev–Trinajstić information content (AvgIpc) is 2.72. The van der Waals surface area contributed by atoms with Crippen molar-refractivity contribution >= 4 is 0 Å². The first-order valence-electron chi connectivity index (χ1n) is 5.17. The SMILES string of the molecule is COc1ccc2c(c1)[C@@H]1CC[C@H]2[C@@H]1O. The van der Waals surface area contributed by atoms with Gasteiger partial charge in [0.25, 0.3) is 0 Å². The van der Waals surface area contributed by atoms with Gasteiger partial charge in [-0.2, -0.15) is 0 Å². The second-order valence-corrected chi connectivity index (χ2v) is 4.28. The summed E-state index contributed by atoms with van der Waals surface area (Å²) in [5.74, 6) is 1.66. The first kappa shape index (κ1) is 8.30.